The van der Waals surface area contributed by atoms with Crippen molar-refractivity contribution in [3.05, 3.63) is 23.8 Å². The van der Waals surface area contributed by atoms with Gasteiger partial charge in [0.25, 0.3) is 0 Å². The van der Waals surface area contributed by atoms with E-state index in [-0.39, 0.29) is 6.09 Å². The molecule has 0 aliphatic carbocycles. The summed E-state index contributed by atoms with van der Waals surface area (Å²) in [5.41, 5.74) is -0.740. The van der Waals surface area contributed by atoms with E-state index in [1.807, 2.05) is 25.7 Å². The van der Waals surface area contributed by atoms with E-state index in [4.69, 9.17) is 4.74 Å². The van der Waals surface area contributed by atoms with Crippen LogP contribution < -0.4 is 4.90 Å². The van der Waals surface area contributed by atoms with Crippen LogP contribution in [0.3, 0.4) is 0 Å². The molecule has 0 unspecified atom stereocenters. The minimum Gasteiger partial charge on any atom is -0.444 e. The Morgan fingerprint density at radius 1 is 1.00 bits per heavy atom. The number of carbonyl (C=O) groups is 1. The molecule has 1 amide bonds. The average molecular weight is 459 g/mol. The van der Waals surface area contributed by atoms with Crippen molar-refractivity contribution in [1.82, 2.24) is 4.90 Å². The maximum atomic E-state index is 13.6. The van der Waals surface area contributed by atoms with Gasteiger partial charge in [-0.25, -0.2) is 4.79 Å². The average Bonchev–Trinajstić information content (AvgIpc) is 2.72. The second-order valence-electron chi connectivity index (χ2n) is 9.51. The van der Waals surface area contributed by atoms with Crippen molar-refractivity contribution < 1.29 is 22.7 Å². The maximum Gasteiger partial charge on any atom is 0.418 e. The Morgan fingerprint density at radius 3 is 2.03 bits per heavy atom. The van der Waals surface area contributed by atoms with Gasteiger partial charge in [0.15, 0.2) is 0 Å². The third kappa shape index (κ3) is 6.24. The number of carbonyl (C=O) groups excluding carboxylic acids is 1. The monoisotopic (exact) mass is 458 g/mol. The second-order valence-corrected chi connectivity index (χ2v) is 10.4. The Kier molecular flexibility index (Phi) is 7.39. The number of likely N-dealkylation sites (tertiary alicyclic amines) is 1. The molecule has 3 rings (SSSR count). The third-order valence-electron chi connectivity index (χ3n) is 6.25. The summed E-state index contributed by atoms with van der Waals surface area (Å²) in [7, 11) is 0. The molecule has 0 bridgehead atoms. The maximum absolute atomic E-state index is 13.6. The summed E-state index contributed by atoms with van der Waals surface area (Å²) in [6.07, 6.45) is 0.813. The zero-order valence-electron chi connectivity index (χ0n) is 18.8. The van der Waals surface area contributed by atoms with E-state index in [0.29, 0.717) is 48.6 Å². The van der Waals surface area contributed by atoms with Crippen LogP contribution in [0.25, 0.3) is 0 Å². The number of thioether (sulfide) groups is 1. The van der Waals surface area contributed by atoms with Crippen molar-refractivity contribution in [3.63, 3.8) is 0 Å². The number of piperidine rings is 2. The van der Waals surface area contributed by atoms with Crippen molar-refractivity contribution in [2.45, 2.75) is 63.1 Å². The molecule has 31 heavy (non-hydrogen) atoms. The third-order valence-corrected chi connectivity index (χ3v) is 6.97. The van der Waals surface area contributed by atoms with Crippen molar-refractivity contribution in [1.29, 1.82) is 0 Å². The smallest absolute Gasteiger partial charge is 0.418 e. The zero-order chi connectivity index (χ0) is 22.8. The van der Waals surface area contributed by atoms with Crippen molar-refractivity contribution >= 4 is 23.5 Å². The molecule has 2 heterocycles. The van der Waals surface area contributed by atoms with E-state index in [9.17, 15) is 18.0 Å². The highest BCUT2D eigenvalue weighted by Crippen LogP contribution is 2.41. The minimum absolute atomic E-state index is 0.255. The van der Waals surface area contributed by atoms with E-state index in [1.54, 1.807) is 23.3 Å². The molecule has 2 aliphatic heterocycles. The number of ether oxygens (including phenoxy) is 1. The predicted octanol–water partition coefficient (Wildman–Crippen LogP) is 6.29. The van der Waals surface area contributed by atoms with E-state index in [1.165, 1.54) is 17.8 Å². The summed E-state index contributed by atoms with van der Waals surface area (Å²) < 4.78 is 46.3. The van der Waals surface area contributed by atoms with Crippen LogP contribution in [-0.4, -0.2) is 49.0 Å². The molecular weight excluding hydrogens is 425 g/mol. The van der Waals surface area contributed by atoms with Crippen LogP contribution in [0.5, 0.6) is 0 Å². The van der Waals surface area contributed by atoms with Gasteiger partial charge in [-0.2, -0.15) is 13.2 Å². The Morgan fingerprint density at radius 2 is 1.55 bits per heavy atom. The summed E-state index contributed by atoms with van der Waals surface area (Å²) in [6, 6.07) is 4.65. The highest BCUT2D eigenvalue weighted by Gasteiger charge is 2.37. The molecule has 1 aromatic carbocycles. The summed E-state index contributed by atoms with van der Waals surface area (Å²) in [4.78, 5) is 16.6. The number of nitrogens with zero attached hydrogens (tertiary/aromatic N) is 2. The molecule has 2 aliphatic rings. The van der Waals surface area contributed by atoms with Crippen LogP contribution in [0.1, 0.15) is 52.0 Å². The quantitative estimate of drug-likeness (QED) is 0.498. The number of rotatable bonds is 3. The van der Waals surface area contributed by atoms with Crippen LogP contribution >= 0.6 is 11.8 Å². The molecule has 0 radical (unpaired) electrons. The van der Waals surface area contributed by atoms with Gasteiger partial charge in [0, 0.05) is 36.8 Å². The van der Waals surface area contributed by atoms with Gasteiger partial charge in [-0.1, -0.05) is 0 Å². The van der Waals surface area contributed by atoms with Gasteiger partial charge >= 0.3 is 12.3 Å². The number of hydrogen-bond acceptors (Lipinski definition) is 4. The lowest BCUT2D eigenvalue weighted by molar-refractivity contribution is -0.137. The number of alkyl halides is 3. The summed E-state index contributed by atoms with van der Waals surface area (Å²) in [5.74, 6) is 1.01. The fraction of sp³-hybridized carbons (Fsp3) is 0.696. The van der Waals surface area contributed by atoms with E-state index in [2.05, 4.69) is 0 Å². The Hall–Kier alpha value is -1.57. The molecule has 0 saturated carbocycles. The number of benzene rings is 1. The minimum atomic E-state index is -4.35. The SMILES string of the molecule is CSc1ccc(N2CCC(C3CCN(C(=O)OC(C)(C)C)CC3)CC2)c(C(F)(F)F)c1. The predicted molar refractivity (Wildman–Crippen MR) is 119 cm³/mol. The van der Waals surface area contributed by atoms with E-state index in [0.717, 1.165) is 25.7 Å². The molecule has 1 aromatic rings. The number of halogens is 3. The van der Waals surface area contributed by atoms with Gasteiger partial charge in [-0.15, -0.1) is 11.8 Å². The highest BCUT2D eigenvalue weighted by atomic mass is 32.2. The highest BCUT2D eigenvalue weighted by molar-refractivity contribution is 7.98. The van der Waals surface area contributed by atoms with Crippen molar-refractivity contribution in [2.24, 2.45) is 11.8 Å². The van der Waals surface area contributed by atoms with Crippen LogP contribution in [0, 0.1) is 11.8 Å². The number of anilines is 1. The number of hydrogen-bond donors (Lipinski definition) is 0. The molecule has 0 N–H and O–H groups in total. The first-order valence-electron chi connectivity index (χ1n) is 11.0. The fourth-order valence-electron chi connectivity index (χ4n) is 4.64. The van der Waals surface area contributed by atoms with Crippen molar-refractivity contribution in [2.75, 3.05) is 37.3 Å². The molecule has 4 nitrogen and oxygen atoms in total. The number of amides is 1. The topological polar surface area (TPSA) is 32.8 Å². The first kappa shape index (κ1) is 24.1. The molecule has 0 aromatic heterocycles. The molecule has 0 spiro atoms. The lowest BCUT2D eigenvalue weighted by atomic mass is 9.78. The molecule has 2 saturated heterocycles. The summed E-state index contributed by atoms with van der Waals surface area (Å²) >= 11 is 1.32. The van der Waals surface area contributed by atoms with Crippen LogP contribution in [0.15, 0.2) is 23.1 Å². The lowest BCUT2D eigenvalue weighted by Gasteiger charge is -2.41. The molecule has 0 atom stereocenters. The Balaban J connectivity index is 1.56. The largest absolute Gasteiger partial charge is 0.444 e. The van der Waals surface area contributed by atoms with Crippen LogP contribution in [0.2, 0.25) is 0 Å². The van der Waals surface area contributed by atoms with Gasteiger partial charge < -0.3 is 14.5 Å². The van der Waals surface area contributed by atoms with Crippen LogP contribution in [0.4, 0.5) is 23.7 Å². The summed E-state index contributed by atoms with van der Waals surface area (Å²) in [5, 5.41) is 0. The van der Waals surface area contributed by atoms with Gasteiger partial charge in [0.05, 0.1) is 5.56 Å². The molecule has 2 fully saturated rings. The molecule has 174 valence electrons. The standard InChI is InChI=1S/C23H33F3N2O2S/c1-22(2,3)30-21(29)28-13-9-17(10-14-28)16-7-11-27(12-8-16)20-6-5-18(31-4)15-19(20)23(24,25)26/h5-6,15-17H,7-14H2,1-4H3. The van der Waals surface area contributed by atoms with Gasteiger partial charge in [-0.3, -0.25) is 0 Å². The van der Waals surface area contributed by atoms with E-state index >= 15 is 0 Å². The Bertz CT molecular complexity index is 763. The van der Waals surface area contributed by atoms with Gasteiger partial charge in [0.2, 0.25) is 0 Å². The lowest BCUT2D eigenvalue weighted by Crippen LogP contribution is -2.44. The Labute approximate surface area is 187 Å². The normalized spacial score (nSPS) is 19.6. The first-order valence-corrected chi connectivity index (χ1v) is 12.2. The van der Waals surface area contributed by atoms with Gasteiger partial charge in [0.1, 0.15) is 5.60 Å². The molecule has 8 heteroatoms. The molecular formula is C23H33F3N2O2S. The van der Waals surface area contributed by atoms with Gasteiger partial charge in [-0.05, 0) is 82.7 Å². The van der Waals surface area contributed by atoms with Crippen molar-refractivity contribution in [3.8, 4) is 0 Å². The fourth-order valence-corrected chi connectivity index (χ4v) is 5.08. The van der Waals surface area contributed by atoms with Crippen LogP contribution in [-0.2, 0) is 10.9 Å². The summed E-state index contributed by atoms with van der Waals surface area (Å²) in [6.45, 7) is 8.25. The van der Waals surface area contributed by atoms with E-state index < -0.39 is 17.3 Å². The second kappa shape index (κ2) is 9.51. The zero-order valence-corrected chi connectivity index (χ0v) is 19.6. The first-order chi connectivity index (χ1) is 14.5.